The maximum Gasteiger partial charge on any atom is 0.187 e. The van der Waals surface area contributed by atoms with E-state index in [1.807, 2.05) is 19.9 Å². The number of allylic oxidation sites excluding steroid dienone is 1. The van der Waals surface area contributed by atoms with Crippen LogP contribution in [0.3, 0.4) is 0 Å². The first kappa shape index (κ1) is 15.9. The summed E-state index contributed by atoms with van der Waals surface area (Å²) in [4.78, 5) is 12.5. The topological polar surface area (TPSA) is 52.9 Å². The quantitative estimate of drug-likeness (QED) is 0.675. The van der Waals surface area contributed by atoms with Crippen molar-refractivity contribution in [1.29, 1.82) is 5.26 Å². The highest BCUT2D eigenvalue weighted by Crippen LogP contribution is 2.30. The Balaban J connectivity index is 2.00. The van der Waals surface area contributed by atoms with Gasteiger partial charge in [-0.05, 0) is 62.2 Å². The predicted molar refractivity (Wildman–Crippen MR) is 90.8 cm³/mol. The molecule has 0 radical (unpaired) electrons. The molecule has 1 aliphatic rings. The number of carbonyl (C=O) groups excluding carboxylic acids is 1. The molecule has 1 heterocycles. The number of nitrogens with one attached hydrogen (secondary N) is 1. The summed E-state index contributed by atoms with van der Waals surface area (Å²) in [5, 5.41) is 12.1. The summed E-state index contributed by atoms with van der Waals surface area (Å²) in [5.41, 5.74) is 3.13. The molecular weight excluding hydrogens is 303 g/mol. The zero-order valence-electron chi connectivity index (χ0n) is 13.6. The molecule has 0 saturated heterocycles. The molecule has 3 rings (SSSR count). The van der Waals surface area contributed by atoms with Crippen LogP contribution in [-0.4, -0.2) is 11.3 Å². The second-order valence-electron chi connectivity index (χ2n) is 6.60. The third-order valence-corrected chi connectivity index (χ3v) is 4.04. The number of hydrogen-bond donors (Lipinski definition) is 1. The molecule has 4 heteroatoms. The standard InChI is InChI=1S/C20H17FN2O/c1-20(2)11-15-7-8-16(21)9-17(15)18(23-20)10-19(24)14-5-3-13(12-22)4-6-14/h3-10,23H,11H2,1-2H3/b18-10-. The van der Waals surface area contributed by atoms with Crippen molar-refractivity contribution < 1.29 is 9.18 Å². The highest BCUT2D eigenvalue weighted by atomic mass is 19.1. The second-order valence-corrected chi connectivity index (χ2v) is 6.60. The SMILES string of the molecule is CC1(C)Cc2ccc(F)cc2/C(=C/C(=O)c2ccc(C#N)cc2)N1. The molecule has 2 aromatic rings. The van der Waals surface area contributed by atoms with Crippen LogP contribution in [0.15, 0.2) is 48.5 Å². The monoisotopic (exact) mass is 320 g/mol. The van der Waals surface area contributed by atoms with Gasteiger partial charge >= 0.3 is 0 Å². The third-order valence-electron chi connectivity index (χ3n) is 4.04. The lowest BCUT2D eigenvalue weighted by Crippen LogP contribution is -2.43. The van der Waals surface area contributed by atoms with Gasteiger partial charge in [-0.3, -0.25) is 4.79 Å². The molecule has 0 aromatic heterocycles. The van der Waals surface area contributed by atoms with E-state index in [-0.39, 0.29) is 17.1 Å². The maximum absolute atomic E-state index is 13.6. The molecule has 0 aliphatic carbocycles. The summed E-state index contributed by atoms with van der Waals surface area (Å²) in [6.07, 6.45) is 2.26. The Kier molecular flexibility index (Phi) is 3.94. The van der Waals surface area contributed by atoms with Gasteiger partial charge in [-0.15, -0.1) is 0 Å². The Hall–Kier alpha value is -2.93. The van der Waals surface area contributed by atoms with Gasteiger partial charge in [0.15, 0.2) is 5.78 Å². The van der Waals surface area contributed by atoms with Crippen LogP contribution in [0.2, 0.25) is 0 Å². The Morgan fingerprint density at radius 3 is 2.62 bits per heavy atom. The molecule has 1 aliphatic heterocycles. The molecule has 0 atom stereocenters. The first-order chi connectivity index (χ1) is 11.4. The van der Waals surface area contributed by atoms with Gasteiger partial charge in [0.05, 0.1) is 11.6 Å². The van der Waals surface area contributed by atoms with Gasteiger partial charge in [0.2, 0.25) is 0 Å². The van der Waals surface area contributed by atoms with Crippen LogP contribution in [0.25, 0.3) is 5.70 Å². The lowest BCUT2D eigenvalue weighted by molar-refractivity contribution is 0.104. The van der Waals surface area contributed by atoms with Gasteiger partial charge in [-0.1, -0.05) is 6.07 Å². The summed E-state index contributed by atoms with van der Waals surface area (Å²) in [6.45, 7) is 4.08. The Labute approximate surface area is 140 Å². The normalized spacial score (nSPS) is 16.8. The molecule has 0 unspecified atom stereocenters. The van der Waals surface area contributed by atoms with Crippen LogP contribution in [0.4, 0.5) is 4.39 Å². The van der Waals surface area contributed by atoms with Gasteiger partial charge in [-0.25, -0.2) is 4.39 Å². The van der Waals surface area contributed by atoms with Crippen molar-refractivity contribution >= 4 is 11.5 Å². The summed E-state index contributed by atoms with van der Waals surface area (Å²) in [5.74, 6) is -0.512. The first-order valence-electron chi connectivity index (χ1n) is 7.71. The molecule has 1 N–H and O–H groups in total. The fraction of sp³-hybridized carbons (Fsp3) is 0.200. The molecule has 0 fully saturated rings. The molecule has 2 aromatic carbocycles. The van der Waals surface area contributed by atoms with E-state index in [0.29, 0.717) is 16.8 Å². The Bertz CT molecular complexity index is 874. The molecule has 0 saturated carbocycles. The fourth-order valence-electron chi connectivity index (χ4n) is 2.94. The van der Waals surface area contributed by atoms with Gasteiger partial charge in [0.25, 0.3) is 0 Å². The number of nitrogens with zero attached hydrogens (tertiary/aromatic N) is 1. The summed E-state index contributed by atoms with van der Waals surface area (Å²) < 4.78 is 13.6. The second kappa shape index (κ2) is 5.93. The third kappa shape index (κ3) is 3.21. The van der Waals surface area contributed by atoms with Crippen LogP contribution in [0.5, 0.6) is 0 Å². The molecule has 0 bridgehead atoms. The van der Waals surface area contributed by atoms with Crippen molar-refractivity contribution in [3.63, 3.8) is 0 Å². The zero-order chi connectivity index (χ0) is 17.3. The van der Waals surface area contributed by atoms with Crippen molar-refractivity contribution in [2.24, 2.45) is 0 Å². The van der Waals surface area contributed by atoms with E-state index in [0.717, 1.165) is 17.5 Å². The van der Waals surface area contributed by atoms with Crippen LogP contribution < -0.4 is 5.32 Å². The number of fused-ring (bicyclic) bond motifs is 1. The maximum atomic E-state index is 13.6. The number of rotatable bonds is 2. The summed E-state index contributed by atoms with van der Waals surface area (Å²) in [6, 6.07) is 13.2. The van der Waals surface area contributed by atoms with E-state index in [2.05, 4.69) is 5.32 Å². The van der Waals surface area contributed by atoms with E-state index in [9.17, 15) is 9.18 Å². The first-order valence-corrected chi connectivity index (χ1v) is 7.71. The average Bonchev–Trinajstić information content (AvgIpc) is 2.55. The van der Waals surface area contributed by atoms with E-state index in [4.69, 9.17) is 5.26 Å². The number of hydrogen-bond acceptors (Lipinski definition) is 3. The van der Waals surface area contributed by atoms with Crippen LogP contribution in [0, 0.1) is 17.1 Å². The van der Waals surface area contributed by atoms with Crippen LogP contribution in [-0.2, 0) is 6.42 Å². The molecule has 24 heavy (non-hydrogen) atoms. The number of carbonyl (C=O) groups is 1. The van der Waals surface area contributed by atoms with E-state index < -0.39 is 0 Å². The van der Waals surface area contributed by atoms with Gasteiger partial charge in [0, 0.05) is 28.4 Å². The molecular formula is C20H17FN2O. The minimum Gasteiger partial charge on any atom is -0.379 e. The smallest absolute Gasteiger partial charge is 0.187 e. The van der Waals surface area contributed by atoms with Crippen molar-refractivity contribution in [2.75, 3.05) is 0 Å². The molecule has 3 nitrogen and oxygen atoms in total. The lowest BCUT2D eigenvalue weighted by atomic mass is 9.85. The molecule has 0 spiro atoms. The summed E-state index contributed by atoms with van der Waals surface area (Å²) >= 11 is 0. The van der Waals surface area contributed by atoms with E-state index >= 15 is 0 Å². The van der Waals surface area contributed by atoms with E-state index in [1.54, 1.807) is 30.3 Å². The highest BCUT2D eigenvalue weighted by Gasteiger charge is 2.28. The van der Waals surface area contributed by atoms with Gasteiger partial charge in [-0.2, -0.15) is 5.26 Å². The minimum absolute atomic E-state index is 0.185. The number of benzene rings is 2. The lowest BCUT2D eigenvalue weighted by Gasteiger charge is -2.35. The highest BCUT2D eigenvalue weighted by molar-refractivity contribution is 6.08. The number of nitriles is 1. The number of ketones is 1. The van der Waals surface area contributed by atoms with Crippen molar-refractivity contribution in [2.45, 2.75) is 25.8 Å². The van der Waals surface area contributed by atoms with Crippen molar-refractivity contribution in [3.8, 4) is 6.07 Å². The predicted octanol–water partition coefficient (Wildman–Crippen LogP) is 3.85. The largest absolute Gasteiger partial charge is 0.379 e. The number of halogens is 1. The van der Waals surface area contributed by atoms with Gasteiger partial charge < -0.3 is 5.32 Å². The summed E-state index contributed by atoms with van der Waals surface area (Å²) in [7, 11) is 0. The Morgan fingerprint density at radius 1 is 1.25 bits per heavy atom. The minimum atomic E-state index is -0.327. The Morgan fingerprint density at radius 2 is 1.96 bits per heavy atom. The fourth-order valence-corrected chi connectivity index (χ4v) is 2.94. The van der Waals surface area contributed by atoms with E-state index in [1.165, 1.54) is 18.2 Å². The van der Waals surface area contributed by atoms with Crippen molar-refractivity contribution in [1.82, 2.24) is 5.32 Å². The average molecular weight is 320 g/mol. The van der Waals surface area contributed by atoms with Gasteiger partial charge in [0.1, 0.15) is 5.82 Å². The van der Waals surface area contributed by atoms with Crippen LogP contribution in [0.1, 0.15) is 40.9 Å². The van der Waals surface area contributed by atoms with Crippen molar-refractivity contribution in [3.05, 3.63) is 76.6 Å². The molecule has 120 valence electrons. The zero-order valence-corrected chi connectivity index (χ0v) is 13.6. The molecule has 0 amide bonds. The van der Waals surface area contributed by atoms with Crippen LogP contribution >= 0.6 is 0 Å².